The van der Waals surface area contributed by atoms with E-state index in [4.69, 9.17) is 0 Å². The van der Waals surface area contributed by atoms with Gasteiger partial charge in [0.2, 0.25) is 0 Å². The summed E-state index contributed by atoms with van der Waals surface area (Å²) >= 11 is 0. The van der Waals surface area contributed by atoms with E-state index in [0.29, 0.717) is 5.92 Å². The average molecular weight is 339 g/mol. The molecule has 0 heteroatoms. The maximum absolute atomic E-state index is 2.40. The molecule has 0 N–H and O–H groups in total. The Balaban J connectivity index is 1.57. The number of hydrogen-bond acceptors (Lipinski definition) is 0. The lowest BCUT2D eigenvalue weighted by Gasteiger charge is -2.14. The first kappa shape index (κ1) is 20.0. The molecule has 1 unspecified atom stereocenters. The van der Waals surface area contributed by atoms with Crippen molar-refractivity contribution in [2.75, 3.05) is 0 Å². The SMILES string of the molecule is CCCCCCCCCCCCCC(C)c1cccc2ccccc12. The molecule has 0 saturated carbocycles. The molecule has 2 aromatic rings. The second kappa shape index (κ2) is 12.1. The molecule has 2 aromatic carbocycles. The molecule has 0 saturated heterocycles. The molecule has 0 radical (unpaired) electrons. The van der Waals surface area contributed by atoms with Gasteiger partial charge in [-0.05, 0) is 28.7 Å². The molecule has 0 aromatic heterocycles. The van der Waals surface area contributed by atoms with Crippen molar-refractivity contribution in [1.29, 1.82) is 0 Å². The van der Waals surface area contributed by atoms with Crippen LogP contribution in [-0.4, -0.2) is 0 Å². The van der Waals surface area contributed by atoms with Crippen LogP contribution in [0.1, 0.15) is 102 Å². The normalized spacial score (nSPS) is 12.6. The molecule has 0 bridgehead atoms. The largest absolute Gasteiger partial charge is 0.0654 e. The van der Waals surface area contributed by atoms with E-state index in [1.165, 1.54) is 93.4 Å². The number of fused-ring (bicyclic) bond motifs is 1. The van der Waals surface area contributed by atoms with E-state index in [0.717, 1.165) is 0 Å². The predicted octanol–water partition coefficient (Wildman–Crippen LogP) is 8.64. The van der Waals surface area contributed by atoms with E-state index in [2.05, 4.69) is 56.3 Å². The van der Waals surface area contributed by atoms with Gasteiger partial charge in [-0.15, -0.1) is 0 Å². The lowest BCUT2D eigenvalue weighted by atomic mass is 9.90. The summed E-state index contributed by atoms with van der Waals surface area (Å²) in [5, 5.41) is 2.83. The molecule has 2 rings (SSSR count). The first-order valence-electron chi connectivity index (χ1n) is 10.8. The minimum atomic E-state index is 0.671. The molecule has 138 valence electrons. The second-order valence-corrected chi connectivity index (χ2v) is 7.79. The highest BCUT2D eigenvalue weighted by molar-refractivity contribution is 5.86. The van der Waals surface area contributed by atoms with Gasteiger partial charge >= 0.3 is 0 Å². The van der Waals surface area contributed by atoms with E-state index < -0.39 is 0 Å². The van der Waals surface area contributed by atoms with Crippen LogP contribution in [0.15, 0.2) is 42.5 Å². The van der Waals surface area contributed by atoms with E-state index in [1.54, 1.807) is 0 Å². The Morgan fingerprint density at radius 1 is 0.640 bits per heavy atom. The molecule has 0 aliphatic heterocycles. The second-order valence-electron chi connectivity index (χ2n) is 7.79. The molecule has 0 fully saturated rings. The summed E-state index contributed by atoms with van der Waals surface area (Å²) in [6, 6.07) is 15.6. The van der Waals surface area contributed by atoms with Gasteiger partial charge in [0.1, 0.15) is 0 Å². The molecule has 0 amide bonds. The first-order valence-corrected chi connectivity index (χ1v) is 10.8. The Morgan fingerprint density at radius 3 is 1.88 bits per heavy atom. The molecule has 0 nitrogen and oxygen atoms in total. The quantitative estimate of drug-likeness (QED) is 0.320. The lowest BCUT2D eigenvalue weighted by Crippen LogP contribution is -1.95. The van der Waals surface area contributed by atoms with Gasteiger partial charge in [0.15, 0.2) is 0 Å². The minimum Gasteiger partial charge on any atom is -0.0654 e. The molecule has 0 spiro atoms. The van der Waals surface area contributed by atoms with Crippen molar-refractivity contribution in [3.63, 3.8) is 0 Å². The van der Waals surface area contributed by atoms with Crippen LogP contribution < -0.4 is 0 Å². The topological polar surface area (TPSA) is 0 Å². The summed E-state index contributed by atoms with van der Waals surface area (Å²) in [7, 11) is 0. The maximum Gasteiger partial charge on any atom is -0.0149 e. The number of benzene rings is 2. The van der Waals surface area contributed by atoms with Crippen molar-refractivity contribution in [1.82, 2.24) is 0 Å². The maximum atomic E-state index is 2.40. The predicted molar refractivity (Wildman–Crippen MR) is 113 cm³/mol. The smallest absolute Gasteiger partial charge is 0.0149 e. The van der Waals surface area contributed by atoms with Crippen LogP contribution in [0.2, 0.25) is 0 Å². The van der Waals surface area contributed by atoms with E-state index in [9.17, 15) is 0 Å². The Morgan fingerprint density at radius 2 is 1.20 bits per heavy atom. The molecule has 25 heavy (non-hydrogen) atoms. The average Bonchev–Trinajstić information content (AvgIpc) is 2.65. The third-order valence-electron chi connectivity index (χ3n) is 5.59. The zero-order chi connectivity index (χ0) is 17.7. The highest BCUT2D eigenvalue weighted by Gasteiger charge is 2.08. The lowest BCUT2D eigenvalue weighted by molar-refractivity contribution is 0.532. The van der Waals surface area contributed by atoms with Crippen molar-refractivity contribution in [2.24, 2.45) is 0 Å². The van der Waals surface area contributed by atoms with Crippen molar-refractivity contribution in [2.45, 2.75) is 96.8 Å². The monoisotopic (exact) mass is 338 g/mol. The third kappa shape index (κ3) is 7.22. The fraction of sp³-hybridized carbons (Fsp3) is 0.600. The Hall–Kier alpha value is -1.30. The van der Waals surface area contributed by atoms with Gasteiger partial charge in [-0.1, -0.05) is 127 Å². The number of rotatable bonds is 13. The van der Waals surface area contributed by atoms with Crippen molar-refractivity contribution >= 4 is 10.8 Å². The fourth-order valence-electron chi connectivity index (χ4n) is 3.95. The van der Waals surface area contributed by atoms with Crippen molar-refractivity contribution in [3.8, 4) is 0 Å². The van der Waals surface area contributed by atoms with Gasteiger partial charge < -0.3 is 0 Å². The van der Waals surface area contributed by atoms with Gasteiger partial charge in [-0.25, -0.2) is 0 Å². The van der Waals surface area contributed by atoms with Gasteiger partial charge in [-0.3, -0.25) is 0 Å². The van der Waals surface area contributed by atoms with Crippen LogP contribution in [0, 0.1) is 0 Å². The number of hydrogen-bond donors (Lipinski definition) is 0. The molecular formula is C25H38. The summed E-state index contributed by atoms with van der Waals surface area (Å²) in [4.78, 5) is 0. The Kier molecular flexibility index (Phi) is 9.70. The van der Waals surface area contributed by atoms with Crippen molar-refractivity contribution in [3.05, 3.63) is 48.0 Å². The van der Waals surface area contributed by atoms with Gasteiger partial charge in [0.25, 0.3) is 0 Å². The third-order valence-corrected chi connectivity index (χ3v) is 5.59. The molecule has 0 heterocycles. The van der Waals surface area contributed by atoms with E-state index in [1.807, 2.05) is 0 Å². The Bertz CT molecular complexity index is 578. The summed E-state index contributed by atoms with van der Waals surface area (Å²) in [6.45, 7) is 4.69. The molecule has 0 aliphatic carbocycles. The van der Waals surface area contributed by atoms with Crippen LogP contribution in [0.25, 0.3) is 10.8 Å². The van der Waals surface area contributed by atoms with E-state index in [-0.39, 0.29) is 0 Å². The fourth-order valence-corrected chi connectivity index (χ4v) is 3.95. The van der Waals surface area contributed by atoms with E-state index >= 15 is 0 Å². The van der Waals surface area contributed by atoms with Crippen LogP contribution in [-0.2, 0) is 0 Å². The summed E-state index contributed by atoms with van der Waals surface area (Å²) in [5.74, 6) is 0.671. The highest BCUT2D eigenvalue weighted by atomic mass is 14.1. The van der Waals surface area contributed by atoms with Gasteiger partial charge in [0, 0.05) is 0 Å². The summed E-state index contributed by atoms with van der Waals surface area (Å²) < 4.78 is 0. The molecule has 0 aliphatic rings. The highest BCUT2D eigenvalue weighted by Crippen LogP contribution is 2.29. The van der Waals surface area contributed by atoms with Crippen LogP contribution >= 0.6 is 0 Å². The van der Waals surface area contributed by atoms with Crippen LogP contribution in [0.5, 0.6) is 0 Å². The minimum absolute atomic E-state index is 0.671. The Labute approximate surface area is 156 Å². The number of unbranched alkanes of at least 4 members (excludes halogenated alkanes) is 10. The van der Waals surface area contributed by atoms with Crippen molar-refractivity contribution < 1.29 is 0 Å². The van der Waals surface area contributed by atoms with Gasteiger partial charge in [0.05, 0.1) is 0 Å². The first-order chi connectivity index (χ1) is 12.3. The molecule has 1 atom stereocenters. The summed E-state index contributed by atoms with van der Waals surface area (Å²) in [5.41, 5.74) is 1.53. The van der Waals surface area contributed by atoms with Crippen LogP contribution in [0.3, 0.4) is 0 Å². The zero-order valence-corrected chi connectivity index (χ0v) is 16.6. The summed E-state index contributed by atoms with van der Waals surface area (Å²) in [6.07, 6.45) is 17.0. The van der Waals surface area contributed by atoms with Gasteiger partial charge in [-0.2, -0.15) is 0 Å². The molecular weight excluding hydrogens is 300 g/mol. The van der Waals surface area contributed by atoms with Crippen LogP contribution in [0.4, 0.5) is 0 Å². The standard InChI is InChI=1S/C25H38/c1-3-4-5-6-7-8-9-10-11-12-13-17-22(2)24-21-16-19-23-18-14-15-20-25(23)24/h14-16,18-22H,3-13,17H2,1-2H3. The zero-order valence-electron chi connectivity index (χ0n) is 16.6.